The Labute approximate surface area is 236 Å². The first-order chi connectivity index (χ1) is 19.4. The molecule has 2 aromatic heterocycles. The van der Waals surface area contributed by atoms with Gasteiger partial charge in [0.2, 0.25) is 0 Å². The van der Waals surface area contributed by atoms with E-state index in [9.17, 15) is 0 Å². The maximum atomic E-state index is 6.51. The molecule has 2 heteroatoms. The van der Waals surface area contributed by atoms with Crippen molar-refractivity contribution in [2.75, 3.05) is 0 Å². The summed E-state index contributed by atoms with van der Waals surface area (Å²) in [4.78, 5) is 4.78. The molecule has 2 heterocycles. The van der Waals surface area contributed by atoms with Crippen molar-refractivity contribution in [2.24, 2.45) is 5.41 Å². The number of aromatic nitrogens is 1. The topological polar surface area (TPSA) is 26.0 Å². The van der Waals surface area contributed by atoms with Gasteiger partial charge in [0.05, 0.1) is 5.69 Å². The zero-order valence-corrected chi connectivity index (χ0v) is 23.6. The molecule has 1 aliphatic rings. The zero-order chi connectivity index (χ0) is 27.3. The molecule has 6 aromatic rings. The lowest BCUT2D eigenvalue weighted by molar-refractivity contribution is 0.173. The molecule has 198 valence electrons. The monoisotopic (exact) mass is 521 g/mol. The van der Waals surface area contributed by atoms with E-state index in [4.69, 9.17) is 9.40 Å². The summed E-state index contributed by atoms with van der Waals surface area (Å²) in [7, 11) is 0. The van der Waals surface area contributed by atoms with Crippen LogP contribution in [0.2, 0.25) is 0 Å². The second-order valence-corrected chi connectivity index (χ2v) is 12.6. The fourth-order valence-electron chi connectivity index (χ4n) is 6.40. The fourth-order valence-corrected chi connectivity index (χ4v) is 6.40. The van der Waals surface area contributed by atoms with Crippen molar-refractivity contribution in [3.05, 3.63) is 115 Å². The molecular formula is C38H35NO. The van der Waals surface area contributed by atoms with E-state index >= 15 is 0 Å². The molecule has 0 saturated heterocycles. The Balaban J connectivity index is 1.23. The van der Waals surface area contributed by atoms with Crippen LogP contribution in [0.3, 0.4) is 0 Å². The van der Waals surface area contributed by atoms with Gasteiger partial charge in [-0.3, -0.25) is 4.98 Å². The van der Waals surface area contributed by atoms with Crippen LogP contribution in [0.4, 0.5) is 0 Å². The second kappa shape index (κ2) is 9.48. The van der Waals surface area contributed by atoms with Crippen molar-refractivity contribution in [3.8, 4) is 33.5 Å². The normalized spacial score (nSPS) is 16.4. The van der Waals surface area contributed by atoms with E-state index in [1.807, 2.05) is 12.3 Å². The van der Waals surface area contributed by atoms with Crippen LogP contribution in [0, 0.1) is 5.41 Å². The van der Waals surface area contributed by atoms with E-state index < -0.39 is 0 Å². The van der Waals surface area contributed by atoms with E-state index in [0.29, 0.717) is 5.41 Å². The van der Waals surface area contributed by atoms with Gasteiger partial charge in [0.1, 0.15) is 11.2 Å². The van der Waals surface area contributed by atoms with E-state index in [1.54, 1.807) is 0 Å². The molecule has 1 saturated carbocycles. The summed E-state index contributed by atoms with van der Waals surface area (Å²) in [5, 5.41) is 2.25. The highest BCUT2D eigenvalue weighted by molar-refractivity contribution is 6.10. The highest BCUT2D eigenvalue weighted by Gasteiger charge is 2.35. The van der Waals surface area contributed by atoms with Crippen molar-refractivity contribution >= 4 is 21.9 Å². The van der Waals surface area contributed by atoms with Crippen molar-refractivity contribution in [1.82, 2.24) is 4.98 Å². The first-order valence-corrected chi connectivity index (χ1v) is 14.5. The molecule has 0 amide bonds. The van der Waals surface area contributed by atoms with Gasteiger partial charge in [-0.15, -0.1) is 0 Å². The predicted molar refractivity (Wildman–Crippen MR) is 167 cm³/mol. The number of nitrogens with zero attached hydrogens (tertiary/aromatic N) is 1. The second-order valence-electron chi connectivity index (χ2n) is 12.6. The fraction of sp³-hybridized carbons (Fsp3) is 0.237. The van der Waals surface area contributed by atoms with Gasteiger partial charge in [-0.1, -0.05) is 93.6 Å². The van der Waals surface area contributed by atoms with Gasteiger partial charge in [-0.05, 0) is 94.7 Å². The molecule has 40 heavy (non-hydrogen) atoms. The molecule has 0 spiro atoms. The quantitative estimate of drug-likeness (QED) is 0.231. The lowest BCUT2D eigenvalue weighted by Gasteiger charge is -2.42. The van der Waals surface area contributed by atoms with Crippen molar-refractivity contribution in [1.29, 1.82) is 0 Å². The van der Waals surface area contributed by atoms with Gasteiger partial charge >= 0.3 is 0 Å². The van der Waals surface area contributed by atoms with Crippen LogP contribution in [0.25, 0.3) is 55.4 Å². The molecule has 0 radical (unpaired) electrons. The van der Waals surface area contributed by atoms with Gasteiger partial charge in [-0.25, -0.2) is 0 Å². The zero-order valence-electron chi connectivity index (χ0n) is 23.6. The minimum atomic E-state index is 0.273. The molecular weight excluding hydrogens is 486 g/mol. The molecule has 0 atom stereocenters. The van der Waals surface area contributed by atoms with E-state index in [0.717, 1.165) is 38.8 Å². The number of furan rings is 1. The molecule has 0 unspecified atom stereocenters. The van der Waals surface area contributed by atoms with Crippen molar-refractivity contribution < 1.29 is 4.42 Å². The number of rotatable bonds is 4. The van der Waals surface area contributed by atoms with Gasteiger partial charge in [0.15, 0.2) is 0 Å². The summed E-state index contributed by atoms with van der Waals surface area (Å²) in [5.74, 6) is 0. The van der Waals surface area contributed by atoms with Crippen LogP contribution < -0.4 is 0 Å². The molecule has 1 aliphatic carbocycles. The first-order valence-electron chi connectivity index (χ1n) is 14.5. The molecule has 1 fully saturated rings. The molecule has 0 bridgehead atoms. The molecule has 7 rings (SSSR count). The molecule has 0 N–H and O–H groups in total. The Bertz CT molecular complexity index is 1820. The summed E-state index contributed by atoms with van der Waals surface area (Å²) in [6, 6.07) is 36.9. The lowest BCUT2D eigenvalue weighted by atomic mass is 9.63. The van der Waals surface area contributed by atoms with Crippen LogP contribution in [0.1, 0.15) is 52.0 Å². The van der Waals surface area contributed by atoms with Gasteiger partial charge in [0.25, 0.3) is 0 Å². The standard InChI is InChI=1S/C38H35NO/c1-37(2)19-21-38(3,22-20-37)30-15-12-27(13-16-30)29-18-23-39-34(24-29)33-11-7-10-32-31-17-14-28(25-35(31)40-36(32)33)26-8-5-4-6-9-26/h4-18,23-25H,19-22H2,1-3H3. The average molecular weight is 522 g/mol. The Morgan fingerprint density at radius 2 is 1.30 bits per heavy atom. The Hall–Kier alpha value is -4.17. The summed E-state index contributed by atoms with van der Waals surface area (Å²) < 4.78 is 6.51. The maximum absolute atomic E-state index is 6.51. The van der Waals surface area contributed by atoms with E-state index in [2.05, 4.69) is 118 Å². The third-order valence-corrected chi connectivity index (χ3v) is 9.26. The largest absolute Gasteiger partial charge is 0.455 e. The maximum Gasteiger partial charge on any atom is 0.144 e. The Morgan fingerprint density at radius 1 is 0.600 bits per heavy atom. The lowest BCUT2D eigenvalue weighted by Crippen LogP contribution is -2.32. The number of fused-ring (bicyclic) bond motifs is 3. The van der Waals surface area contributed by atoms with Gasteiger partial charge in [0, 0.05) is 22.5 Å². The number of para-hydroxylation sites is 1. The Kier molecular flexibility index (Phi) is 5.89. The van der Waals surface area contributed by atoms with E-state index in [1.165, 1.54) is 47.9 Å². The summed E-state index contributed by atoms with van der Waals surface area (Å²) in [5.41, 5.74) is 10.7. The highest BCUT2D eigenvalue weighted by atomic mass is 16.3. The number of benzene rings is 4. The Morgan fingerprint density at radius 3 is 2.08 bits per heavy atom. The predicted octanol–water partition coefficient (Wildman–Crippen LogP) is 10.8. The summed E-state index contributed by atoms with van der Waals surface area (Å²) >= 11 is 0. The van der Waals surface area contributed by atoms with Crippen LogP contribution in [0.5, 0.6) is 0 Å². The number of pyridine rings is 1. The molecule has 0 aliphatic heterocycles. The van der Waals surface area contributed by atoms with Crippen LogP contribution in [-0.2, 0) is 5.41 Å². The molecule has 2 nitrogen and oxygen atoms in total. The van der Waals surface area contributed by atoms with Crippen LogP contribution in [0.15, 0.2) is 114 Å². The summed E-state index contributed by atoms with van der Waals surface area (Å²) in [6.45, 7) is 7.26. The van der Waals surface area contributed by atoms with Crippen LogP contribution in [-0.4, -0.2) is 4.98 Å². The van der Waals surface area contributed by atoms with Crippen LogP contribution >= 0.6 is 0 Å². The summed E-state index contributed by atoms with van der Waals surface area (Å²) in [6.07, 6.45) is 7.01. The smallest absolute Gasteiger partial charge is 0.144 e. The third kappa shape index (κ3) is 4.42. The number of hydrogen-bond donors (Lipinski definition) is 0. The van der Waals surface area contributed by atoms with Gasteiger partial charge in [-0.2, -0.15) is 0 Å². The SMILES string of the molecule is CC1(C)CCC(C)(c2ccc(-c3ccnc(-c4cccc5c4oc4cc(-c6ccccc6)ccc45)c3)cc2)CC1. The third-order valence-electron chi connectivity index (χ3n) is 9.26. The minimum Gasteiger partial charge on any atom is -0.455 e. The molecule has 4 aromatic carbocycles. The average Bonchev–Trinajstić information content (AvgIpc) is 3.38. The van der Waals surface area contributed by atoms with Gasteiger partial charge < -0.3 is 4.42 Å². The minimum absolute atomic E-state index is 0.273. The number of hydrogen-bond acceptors (Lipinski definition) is 2. The first kappa shape index (κ1) is 24.8. The van der Waals surface area contributed by atoms with Crippen molar-refractivity contribution in [3.63, 3.8) is 0 Å². The van der Waals surface area contributed by atoms with Crippen molar-refractivity contribution in [2.45, 2.75) is 51.9 Å². The highest BCUT2D eigenvalue weighted by Crippen LogP contribution is 2.46. The van der Waals surface area contributed by atoms with E-state index in [-0.39, 0.29) is 5.41 Å².